The number of carbonyl (C=O) groups excluding carboxylic acids is 1. The van der Waals surface area contributed by atoms with Crippen molar-refractivity contribution in [1.29, 1.82) is 0 Å². The summed E-state index contributed by atoms with van der Waals surface area (Å²) < 4.78 is 51.8. The second kappa shape index (κ2) is 6.53. The molecule has 0 radical (unpaired) electrons. The van der Waals surface area contributed by atoms with Gasteiger partial charge in [0.2, 0.25) is 0 Å². The van der Waals surface area contributed by atoms with Gasteiger partial charge in [0, 0.05) is 12.5 Å². The lowest BCUT2D eigenvalue weighted by molar-refractivity contribution is -0.174. The molecule has 1 aliphatic heterocycles. The molecule has 1 unspecified atom stereocenters. The Morgan fingerprint density at radius 2 is 2.07 bits per heavy atom. The summed E-state index contributed by atoms with van der Waals surface area (Å²) in [5.74, 6) is 0.427. The van der Waals surface area contributed by atoms with Crippen LogP contribution in [0.3, 0.4) is 0 Å². The fourth-order valence-electron chi connectivity index (χ4n) is 3.03. The van der Waals surface area contributed by atoms with Crippen molar-refractivity contribution in [2.45, 2.75) is 31.2 Å². The minimum absolute atomic E-state index is 0.105. The van der Waals surface area contributed by atoms with Crippen molar-refractivity contribution >= 4 is 11.7 Å². The fourth-order valence-corrected chi connectivity index (χ4v) is 3.03. The SMILES string of the molecule is O=C(NCc1ccco1)c1cc2n(n1)C(C(F)(F)F)C[C@@H](c1ccco1)N2. The highest BCUT2D eigenvalue weighted by Gasteiger charge is 2.47. The number of nitrogens with one attached hydrogen (secondary N) is 2. The van der Waals surface area contributed by atoms with Crippen molar-refractivity contribution in [3.8, 4) is 0 Å². The molecule has 1 aliphatic rings. The van der Waals surface area contributed by atoms with Crippen LogP contribution in [0.25, 0.3) is 0 Å². The molecule has 2 atom stereocenters. The largest absolute Gasteiger partial charge is 0.467 e. The standard InChI is InChI=1S/C17H15F3N4O3/c18-17(19,20)14-7-11(13-4-2-6-27-13)22-15-8-12(23-24(14)15)16(25)21-9-10-3-1-5-26-10/h1-6,8,11,14,22H,7,9H2,(H,21,25)/t11-,14?/m0/s1. The molecular formula is C17H15F3N4O3. The van der Waals surface area contributed by atoms with Gasteiger partial charge in [-0.2, -0.15) is 18.3 Å². The van der Waals surface area contributed by atoms with Crippen LogP contribution < -0.4 is 10.6 Å². The molecule has 142 valence electrons. The molecule has 0 aromatic carbocycles. The van der Waals surface area contributed by atoms with Gasteiger partial charge in [-0.15, -0.1) is 0 Å². The lowest BCUT2D eigenvalue weighted by atomic mass is 10.0. The highest BCUT2D eigenvalue weighted by Crippen LogP contribution is 2.43. The average Bonchev–Trinajstić information content (AvgIpc) is 3.38. The second-order valence-electron chi connectivity index (χ2n) is 6.13. The summed E-state index contributed by atoms with van der Waals surface area (Å²) in [5.41, 5.74) is -0.113. The molecule has 1 amide bonds. The van der Waals surface area contributed by atoms with E-state index in [-0.39, 0.29) is 24.5 Å². The third-order valence-corrected chi connectivity index (χ3v) is 4.31. The van der Waals surface area contributed by atoms with E-state index >= 15 is 0 Å². The summed E-state index contributed by atoms with van der Waals surface area (Å²) in [7, 11) is 0. The van der Waals surface area contributed by atoms with Gasteiger partial charge in [0.25, 0.3) is 5.91 Å². The van der Waals surface area contributed by atoms with Gasteiger partial charge in [-0.25, -0.2) is 4.68 Å². The van der Waals surface area contributed by atoms with Gasteiger partial charge in [-0.3, -0.25) is 4.79 Å². The second-order valence-corrected chi connectivity index (χ2v) is 6.13. The number of nitrogens with zero attached hydrogens (tertiary/aromatic N) is 2. The highest BCUT2D eigenvalue weighted by atomic mass is 19.4. The van der Waals surface area contributed by atoms with Crippen LogP contribution in [0, 0.1) is 0 Å². The van der Waals surface area contributed by atoms with Crippen LogP contribution in [-0.4, -0.2) is 21.9 Å². The van der Waals surface area contributed by atoms with Gasteiger partial charge in [0.15, 0.2) is 11.7 Å². The van der Waals surface area contributed by atoms with Crippen LogP contribution in [-0.2, 0) is 6.54 Å². The first-order valence-electron chi connectivity index (χ1n) is 8.18. The maximum atomic E-state index is 13.5. The first-order valence-corrected chi connectivity index (χ1v) is 8.18. The quantitative estimate of drug-likeness (QED) is 0.722. The number of amides is 1. The Labute approximate surface area is 151 Å². The number of anilines is 1. The third kappa shape index (κ3) is 3.42. The Balaban J connectivity index is 1.58. The van der Waals surface area contributed by atoms with Gasteiger partial charge < -0.3 is 19.5 Å². The highest BCUT2D eigenvalue weighted by molar-refractivity contribution is 5.93. The first-order chi connectivity index (χ1) is 12.9. The number of alkyl halides is 3. The van der Waals surface area contributed by atoms with Crippen molar-refractivity contribution in [3.63, 3.8) is 0 Å². The Morgan fingerprint density at radius 3 is 2.74 bits per heavy atom. The van der Waals surface area contributed by atoms with Gasteiger partial charge in [-0.05, 0) is 24.3 Å². The van der Waals surface area contributed by atoms with E-state index in [0.717, 1.165) is 4.68 Å². The van der Waals surface area contributed by atoms with E-state index in [1.54, 1.807) is 24.3 Å². The van der Waals surface area contributed by atoms with Crippen LogP contribution in [0.15, 0.2) is 51.7 Å². The summed E-state index contributed by atoms with van der Waals surface area (Å²) in [4.78, 5) is 12.3. The van der Waals surface area contributed by atoms with E-state index in [0.29, 0.717) is 11.5 Å². The number of fused-ring (bicyclic) bond motifs is 1. The zero-order valence-electron chi connectivity index (χ0n) is 13.9. The van der Waals surface area contributed by atoms with Crippen molar-refractivity contribution in [3.05, 3.63) is 60.1 Å². The number of hydrogen-bond acceptors (Lipinski definition) is 5. The zero-order valence-corrected chi connectivity index (χ0v) is 13.9. The van der Waals surface area contributed by atoms with Crippen molar-refractivity contribution in [1.82, 2.24) is 15.1 Å². The zero-order chi connectivity index (χ0) is 19.0. The lowest BCUT2D eigenvalue weighted by Crippen LogP contribution is -2.35. The molecule has 2 N–H and O–H groups in total. The third-order valence-electron chi connectivity index (χ3n) is 4.31. The number of furan rings is 2. The molecule has 0 spiro atoms. The minimum Gasteiger partial charge on any atom is -0.467 e. The van der Waals surface area contributed by atoms with Crippen LogP contribution >= 0.6 is 0 Å². The van der Waals surface area contributed by atoms with E-state index in [1.165, 1.54) is 18.6 Å². The van der Waals surface area contributed by atoms with Gasteiger partial charge >= 0.3 is 6.18 Å². The molecule has 0 fully saturated rings. The number of hydrogen-bond donors (Lipinski definition) is 2. The van der Waals surface area contributed by atoms with E-state index in [9.17, 15) is 18.0 Å². The molecule has 10 heteroatoms. The van der Waals surface area contributed by atoms with Gasteiger partial charge in [0.05, 0.1) is 25.1 Å². The molecule has 0 saturated heterocycles. The van der Waals surface area contributed by atoms with Crippen molar-refractivity contribution in [2.75, 3.05) is 5.32 Å². The summed E-state index contributed by atoms with van der Waals surface area (Å²) in [5, 5.41) is 9.40. The van der Waals surface area contributed by atoms with Gasteiger partial charge in [0.1, 0.15) is 17.3 Å². The van der Waals surface area contributed by atoms with E-state index in [1.807, 2.05) is 0 Å². The predicted molar refractivity (Wildman–Crippen MR) is 86.9 cm³/mol. The Morgan fingerprint density at radius 1 is 1.30 bits per heavy atom. The summed E-state index contributed by atoms with van der Waals surface area (Å²) >= 11 is 0. The molecule has 7 nitrogen and oxygen atoms in total. The van der Waals surface area contributed by atoms with Crippen LogP contribution in [0.4, 0.5) is 19.0 Å². The maximum absolute atomic E-state index is 13.5. The number of carbonyl (C=O) groups is 1. The van der Waals surface area contributed by atoms with Crippen molar-refractivity contribution in [2.24, 2.45) is 0 Å². The summed E-state index contributed by atoms with van der Waals surface area (Å²) in [6.07, 6.45) is -1.95. The Bertz CT molecular complexity index is 916. The number of halogens is 3. The first kappa shape index (κ1) is 17.3. The summed E-state index contributed by atoms with van der Waals surface area (Å²) in [6, 6.07) is 5.32. The fraction of sp³-hybridized carbons (Fsp3) is 0.294. The normalized spacial score (nSPS) is 19.4. The van der Waals surface area contributed by atoms with E-state index < -0.39 is 24.2 Å². The summed E-state index contributed by atoms with van der Waals surface area (Å²) in [6.45, 7) is 0.110. The minimum atomic E-state index is -4.52. The molecular weight excluding hydrogens is 365 g/mol. The maximum Gasteiger partial charge on any atom is 0.410 e. The lowest BCUT2D eigenvalue weighted by Gasteiger charge is -2.32. The van der Waals surface area contributed by atoms with Gasteiger partial charge in [-0.1, -0.05) is 0 Å². The van der Waals surface area contributed by atoms with Crippen LogP contribution in [0.2, 0.25) is 0 Å². The van der Waals surface area contributed by atoms with Crippen molar-refractivity contribution < 1.29 is 26.8 Å². The molecule has 3 aromatic heterocycles. The van der Waals surface area contributed by atoms with Crippen LogP contribution in [0.1, 0.15) is 40.5 Å². The number of aromatic nitrogens is 2. The monoisotopic (exact) mass is 380 g/mol. The molecule has 4 heterocycles. The van der Waals surface area contributed by atoms with E-state index in [4.69, 9.17) is 8.83 Å². The average molecular weight is 380 g/mol. The van der Waals surface area contributed by atoms with E-state index in [2.05, 4.69) is 15.7 Å². The number of rotatable bonds is 4. The molecule has 4 rings (SSSR count). The molecule has 0 aliphatic carbocycles. The molecule has 27 heavy (non-hydrogen) atoms. The molecule has 0 bridgehead atoms. The van der Waals surface area contributed by atoms with Crippen LogP contribution in [0.5, 0.6) is 0 Å². The Kier molecular flexibility index (Phi) is 4.17. The predicted octanol–water partition coefficient (Wildman–Crippen LogP) is 3.66. The molecule has 0 saturated carbocycles. The Hall–Kier alpha value is -3.17. The topological polar surface area (TPSA) is 85.2 Å². The smallest absolute Gasteiger partial charge is 0.410 e. The molecule has 3 aromatic rings.